The Morgan fingerprint density at radius 3 is 2.65 bits per heavy atom. The van der Waals surface area contributed by atoms with Gasteiger partial charge in [0.05, 0.1) is 10.3 Å². The third kappa shape index (κ3) is 3.29. The minimum Gasteiger partial charge on any atom is -0.443 e. The molecule has 0 aliphatic rings. The molecule has 1 aromatic carbocycles. The highest BCUT2D eigenvalue weighted by atomic mass is 79.9. The van der Waals surface area contributed by atoms with Crippen molar-refractivity contribution in [1.82, 2.24) is 9.55 Å². The zero-order valence-corrected chi connectivity index (χ0v) is 14.8. The number of nitrogens with zero attached hydrogens (tertiary/aromatic N) is 2. The van der Waals surface area contributed by atoms with Crippen LogP contribution in [0.25, 0.3) is 22.0 Å². The molecule has 2 heterocycles. The summed E-state index contributed by atoms with van der Waals surface area (Å²) in [4.78, 5) is 16.6. The highest BCUT2D eigenvalue weighted by Crippen LogP contribution is 2.29. The van der Waals surface area contributed by atoms with Crippen LogP contribution in [0.15, 0.2) is 53.4 Å². The average molecular weight is 373 g/mol. The second-order valence-corrected chi connectivity index (χ2v) is 7.11. The molecule has 2 aromatic heterocycles. The summed E-state index contributed by atoms with van der Waals surface area (Å²) in [6.07, 6.45) is 3.18. The summed E-state index contributed by atoms with van der Waals surface area (Å²) in [5, 5.41) is 2.14. The molecule has 118 valence electrons. The van der Waals surface area contributed by atoms with Crippen LogP contribution in [0.5, 0.6) is 0 Å². The quantitative estimate of drug-likeness (QED) is 0.585. The first-order chi connectivity index (χ1) is 10.8. The lowest BCUT2D eigenvalue weighted by Crippen LogP contribution is -2.27. The molecule has 0 unspecified atom stereocenters. The summed E-state index contributed by atoms with van der Waals surface area (Å²) >= 11 is 3.42. The summed E-state index contributed by atoms with van der Waals surface area (Å²) in [5.74, 6) is 0. The van der Waals surface area contributed by atoms with Gasteiger partial charge in [0.25, 0.3) is 0 Å². The van der Waals surface area contributed by atoms with Gasteiger partial charge in [-0.25, -0.2) is 9.36 Å². The monoisotopic (exact) mass is 372 g/mol. The zero-order chi connectivity index (χ0) is 16.6. The Morgan fingerprint density at radius 1 is 1.13 bits per heavy atom. The molecule has 23 heavy (non-hydrogen) atoms. The summed E-state index contributed by atoms with van der Waals surface area (Å²) in [5.41, 5.74) is 1.18. The molecule has 5 heteroatoms. The van der Waals surface area contributed by atoms with Crippen LogP contribution < -0.4 is 0 Å². The van der Waals surface area contributed by atoms with Crippen LogP contribution in [-0.4, -0.2) is 21.2 Å². The Morgan fingerprint density at radius 2 is 1.91 bits per heavy atom. The first-order valence-corrected chi connectivity index (χ1v) is 8.09. The summed E-state index contributed by atoms with van der Waals surface area (Å²) in [6, 6.07) is 11.7. The van der Waals surface area contributed by atoms with Gasteiger partial charge < -0.3 is 4.74 Å². The maximum absolute atomic E-state index is 12.5. The number of rotatable bonds is 1. The van der Waals surface area contributed by atoms with Crippen molar-refractivity contribution in [1.29, 1.82) is 0 Å². The van der Waals surface area contributed by atoms with Gasteiger partial charge in [-0.05, 0) is 71.9 Å². The molecule has 0 amide bonds. The normalized spacial score (nSPS) is 11.7. The Hall–Kier alpha value is -2.14. The van der Waals surface area contributed by atoms with E-state index in [9.17, 15) is 4.79 Å². The Labute approximate surface area is 143 Å². The summed E-state index contributed by atoms with van der Waals surface area (Å²) in [6.45, 7) is 5.56. The Balaban J connectivity index is 2.07. The minimum absolute atomic E-state index is 0.404. The molecule has 3 aromatic rings. The molecule has 0 bridgehead atoms. The van der Waals surface area contributed by atoms with Gasteiger partial charge in [0.15, 0.2) is 0 Å². The second kappa shape index (κ2) is 5.81. The van der Waals surface area contributed by atoms with E-state index in [2.05, 4.69) is 20.9 Å². The van der Waals surface area contributed by atoms with Crippen molar-refractivity contribution in [2.24, 2.45) is 0 Å². The number of hydrogen-bond acceptors (Lipinski definition) is 3. The van der Waals surface area contributed by atoms with E-state index in [1.54, 1.807) is 6.20 Å². The number of halogens is 1. The molecule has 0 N–H and O–H groups in total. The molecule has 0 saturated heterocycles. The van der Waals surface area contributed by atoms with E-state index in [0.717, 1.165) is 22.0 Å². The van der Waals surface area contributed by atoms with E-state index >= 15 is 0 Å². The van der Waals surface area contributed by atoms with E-state index in [4.69, 9.17) is 4.74 Å². The lowest BCUT2D eigenvalue weighted by Gasteiger charge is -2.21. The van der Waals surface area contributed by atoms with Gasteiger partial charge in [0, 0.05) is 17.8 Å². The number of carbonyl (C=O) groups excluding carboxylic acids is 1. The largest absolute Gasteiger partial charge is 0.443 e. The number of hydrogen-bond donors (Lipinski definition) is 0. The number of fused-ring (bicyclic) bond motifs is 1. The molecule has 0 fully saturated rings. The Kier molecular flexibility index (Phi) is 3.98. The molecule has 0 aliphatic heterocycles. The van der Waals surface area contributed by atoms with Gasteiger partial charge in [0.1, 0.15) is 5.60 Å². The maximum atomic E-state index is 12.5. The predicted octanol–water partition coefficient (Wildman–Crippen LogP) is 5.25. The molecular weight excluding hydrogens is 356 g/mol. The van der Waals surface area contributed by atoms with Crippen LogP contribution in [0.1, 0.15) is 20.8 Å². The molecule has 0 radical (unpaired) electrons. The average Bonchev–Trinajstić information content (AvgIpc) is 2.87. The van der Waals surface area contributed by atoms with Crippen molar-refractivity contribution in [3.8, 4) is 11.3 Å². The van der Waals surface area contributed by atoms with Crippen LogP contribution in [0.3, 0.4) is 0 Å². The number of carbonyl (C=O) groups is 1. The van der Waals surface area contributed by atoms with Gasteiger partial charge in [0.2, 0.25) is 0 Å². The molecule has 3 rings (SSSR count). The van der Waals surface area contributed by atoms with Crippen molar-refractivity contribution in [2.45, 2.75) is 26.4 Å². The SMILES string of the molecule is CC(C)(C)OC(=O)n1c(Br)ccc1-c1ccc2cnccc2c1. The van der Waals surface area contributed by atoms with Gasteiger partial charge in [-0.3, -0.25) is 4.98 Å². The molecular formula is C18H17BrN2O2. The van der Waals surface area contributed by atoms with Crippen LogP contribution >= 0.6 is 15.9 Å². The highest BCUT2D eigenvalue weighted by Gasteiger charge is 2.22. The summed E-state index contributed by atoms with van der Waals surface area (Å²) in [7, 11) is 0. The van der Waals surface area contributed by atoms with Crippen LogP contribution in [-0.2, 0) is 4.74 Å². The Bertz CT molecular complexity index is 878. The van der Waals surface area contributed by atoms with Crippen molar-refractivity contribution in [2.75, 3.05) is 0 Å². The van der Waals surface area contributed by atoms with Crippen LogP contribution in [0.2, 0.25) is 0 Å². The molecule has 0 atom stereocenters. The van der Waals surface area contributed by atoms with Gasteiger partial charge >= 0.3 is 6.09 Å². The lowest BCUT2D eigenvalue weighted by molar-refractivity contribution is 0.0536. The molecule has 0 aliphatic carbocycles. The highest BCUT2D eigenvalue weighted by molar-refractivity contribution is 9.10. The van der Waals surface area contributed by atoms with Crippen molar-refractivity contribution in [3.63, 3.8) is 0 Å². The number of pyridine rings is 1. The van der Waals surface area contributed by atoms with Gasteiger partial charge in [-0.2, -0.15) is 0 Å². The summed E-state index contributed by atoms with van der Waals surface area (Å²) < 4.78 is 7.70. The first-order valence-electron chi connectivity index (χ1n) is 7.30. The van der Waals surface area contributed by atoms with E-state index < -0.39 is 11.7 Å². The van der Waals surface area contributed by atoms with Crippen molar-refractivity contribution < 1.29 is 9.53 Å². The number of aromatic nitrogens is 2. The topological polar surface area (TPSA) is 44.1 Å². The third-order valence-corrected chi connectivity index (χ3v) is 3.96. The fourth-order valence-corrected chi connectivity index (χ4v) is 2.84. The number of ether oxygens (including phenoxy) is 1. The molecule has 4 nitrogen and oxygen atoms in total. The molecule has 0 spiro atoms. The predicted molar refractivity (Wildman–Crippen MR) is 94.5 cm³/mol. The van der Waals surface area contributed by atoms with Crippen molar-refractivity contribution in [3.05, 3.63) is 53.4 Å². The fraction of sp³-hybridized carbons (Fsp3) is 0.222. The first kappa shape index (κ1) is 15.7. The second-order valence-electron chi connectivity index (χ2n) is 6.29. The fourth-order valence-electron chi connectivity index (χ4n) is 2.37. The van der Waals surface area contributed by atoms with Gasteiger partial charge in [-0.1, -0.05) is 12.1 Å². The van der Waals surface area contributed by atoms with E-state index in [1.807, 2.05) is 63.4 Å². The third-order valence-electron chi connectivity index (χ3n) is 3.35. The lowest BCUT2D eigenvalue weighted by atomic mass is 10.1. The molecule has 0 saturated carbocycles. The maximum Gasteiger partial charge on any atom is 0.419 e. The number of benzene rings is 1. The minimum atomic E-state index is -0.548. The van der Waals surface area contributed by atoms with E-state index in [0.29, 0.717) is 4.60 Å². The van der Waals surface area contributed by atoms with E-state index in [1.165, 1.54) is 4.57 Å². The van der Waals surface area contributed by atoms with Gasteiger partial charge in [-0.15, -0.1) is 0 Å². The van der Waals surface area contributed by atoms with E-state index in [-0.39, 0.29) is 0 Å². The van der Waals surface area contributed by atoms with Crippen LogP contribution in [0, 0.1) is 0 Å². The van der Waals surface area contributed by atoms with Crippen molar-refractivity contribution >= 4 is 32.8 Å². The van der Waals surface area contributed by atoms with Crippen LogP contribution in [0.4, 0.5) is 4.79 Å². The zero-order valence-electron chi connectivity index (χ0n) is 13.2. The standard InChI is InChI=1S/C18H17BrN2O2/c1-18(2,3)23-17(22)21-15(6-7-16(21)19)13-4-5-14-11-20-9-8-12(14)10-13/h4-11H,1-3H3. The smallest absolute Gasteiger partial charge is 0.419 e.